The van der Waals surface area contributed by atoms with E-state index in [0.29, 0.717) is 20.8 Å². The van der Waals surface area contributed by atoms with Crippen LogP contribution in [0.15, 0.2) is 70.2 Å². The summed E-state index contributed by atoms with van der Waals surface area (Å²) in [5.41, 5.74) is 3.07. The van der Waals surface area contributed by atoms with Gasteiger partial charge in [-0.1, -0.05) is 33.6 Å². The minimum atomic E-state index is -1.09. The third kappa shape index (κ3) is 6.87. The highest BCUT2D eigenvalue weighted by Gasteiger charge is 2.17. The number of anilines is 1. The van der Waals surface area contributed by atoms with E-state index in [-0.39, 0.29) is 22.7 Å². The van der Waals surface area contributed by atoms with Gasteiger partial charge in [0, 0.05) is 15.1 Å². The molecule has 0 unspecified atom stereocenters. The van der Waals surface area contributed by atoms with Gasteiger partial charge in [-0.3, -0.25) is 9.59 Å². The molecule has 0 radical (unpaired) electrons. The molecule has 11 heteroatoms. The molecule has 2 N–H and O–H groups in total. The normalized spacial score (nSPS) is 10.9. The second-order valence-electron chi connectivity index (χ2n) is 6.98. The van der Waals surface area contributed by atoms with E-state index in [1.165, 1.54) is 31.4 Å². The van der Waals surface area contributed by atoms with E-state index in [1.807, 2.05) is 0 Å². The van der Waals surface area contributed by atoms with Crippen molar-refractivity contribution >= 4 is 56.7 Å². The molecule has 0 aliphatic heterocycles. The minimum absolute atomic E-state index is 0.151. The number of nitrogens with zero attached hydrogens (tertiary/aromatic N) is 1. The number of methoxy groups -OCH3 is 1. The van der Waals surface area contributed by atoms with Gasteiger partial charge in [0.25, 0.3) is 0 Å². The van der Waals surface area contributed by atoms with E-state index < -0.39 is 23.6 Å². The summed E-state index contributed by atoms with van der Waals surface area (Å²) in [6, 6.07) is 14.9. The maximum absolute atomic E-state index is 13.9. The SMILES string of the molecule is COc1cc(/C(C)=N/NC(=O)C(=O)Nc2ccc(Br)cc2F)ccc1OC(=O)c1cccc(Cl)c1. The minimum Gasteiger partial charge on any atom is -0.493 e. The first-order valence-corrected chi connectivity index (χ1v) is 11.1. The molecule has 3 rings (SSSR count). The number of nitrogens with one attached hydrogen (secondary N) is 2. The molecule has 35 heavy (non-hydrogen) atoms. The van der Waals surface area contributed by atoms with Crippen LogP contribution < -0.4 is 20.2 Å². The Hall–Kier alpha value is -3.76. The van der Waals surface area contributed by atoms with Crippen molar-refractivity contribution in [2.45, 2.75) is 6.92 Å². The molecule has 0 aliphatic carbocycles. The molecule has 0 bridgehead atoms. The van der Waals surface area contributed by atoms with Gasteiger partial charge < -0.3 is 14.8 Å². The highest BCUT2D eigenvalue weighted by molar-refractivity contribution is 9.10. The van der Waals surface area contributed by atoms with Gasteiger partial charge in [0.1, 0.15) is 5.82 Å². The summed E-state index contributed by atoms with van der Waals surface area (Å²) in [4.78, 5) is 36.5. The molecule has 0 heterocycles. The number of rotatable bonds is 6. The van der Waals surface area contributed by atoms with Crippen molar-refractivity contribution in [2.75, 3.05) is 12.4 Å². The second kappa shape index (κ2) is 11.6. The number of ether oxygens (including phenoxy) is 2. The fraction of sp³-hybridized carbons (Fsp3) is 0.0833. The van der Waals surface area contributed by atoms with Crippen LogP contribution in [0.2, 0.25) is 5.02 Å². The van der Waals surface area contributed by atoms with Gasteiger partial charge in [0.2, 0.25) is 0 Å². The zero-order valence-corrected chi connectivity index (χ0v) is 20.7. The van der Waals surface area contributed by atoms with Crippen molar-refractivity contribution < 1.29 is 28.2 Å². The van der Waals surface area contributed by atoms with Crippen molar-refractivity contribution in [3.63, 3.8) is 0 Å². The van der Waals surface area contributed by atoms with Crippen molar-refractivity contribution in [3.05, 3.63) is 87.1 Å². The summed E-state index contributed by atoms with van der Waals surface area (Å²) < 4.78 is 25.0. The standard InChI is InChI=1S/C24H18BrClFN3O5/c1-13(29-30-23(32)22(31)28-19-8-7-16(25)12-18(19)27)14-6-9-20(21(11-14)34-2)35-24(33)15-4-3-5-17(26)10-15/h3-12H,1-2H3,(H,28,31)(H,30,32)/b29-13+. The van der Waals surface area contributed by atoms with Gasteiger partial charge in [-0.25, -0.2) is 14.6 Å². The smallest absolute Gasteiger partial charge is 0.343 e. The van der Waals surface area contributed by atoms with Crippen molar-refractivity contribution in [2.24, 2.45) is 5.10 Å². The average Bonchev–Trinajstić information content (AvgIpc) is 2.84. The van der Waals surface area contributed by atoms with Gasteiger partial charge in [0.05, 0.1) is 24.1 Å². The Morgan fingerprint density at radius 1 is 0.971 bits per heavy atom. The summed E-state index contributed by atoms with van der Waals surface area (Å²) >= 11 is 9.02. The second-order valence-corrected chi connectivity index (χ2v) is 8.33. The van der Waals surface area contributed by atoms with Crippen LogP contribution in [-0.2, 0) is 9.59 Å². The van der Waals surface area contributed by atoms with Crippen LogP contribution in [0.4, 0.5) is 10.1 Å². The molecule has 8 nitrogen and oxygen atoms in total. The van der Waals surface area contributed by atoms with E-state index in [2.05, 4.69) is 31.8 Å². The molecule has 0 saturated heterocycles. The Morgan fingerprint density at radius 2 is 1.74 bits per heavy atom. The molecule has 3 aromatic carbocycles. The number of benzene rings is 3. The summed E-state index contributed by atoms with van der Waals surface area (Å²) in [5, 5.41) is 6.46. The number of hydrazone groups is 1. The molecule has 0 spiro atoms. The van der Waals surface area contributed by atoms with E-state index in [4.69, 9.17) is 21.1 Å². The van der Waals surface area contributed by atoms with Crippen LogP contribution in [0.1, 0.15) is 22.8 Å². The Kier molecular flexibility index (Phi) is 8.56. The lowest BCUT2D eigenvalue weighted by molar-refractivity contribution is -0.136. The largest absolute Gasteiger partial charge is 0.493 e. The molecule has 180 valence electrons. The first-order valence-electron chi connectivity index (χ1n) is 9.94. The van der Waals surface area contributed by atoms with Crippen LogP contribution >= 0.6 is 27.5 Å². The summed E-state index contributed by atoms with van der Waals surface area (Å²) in [6.45, 7) is 1.58. The topological polar surface area (TPSA) is 106 Å². The maximum atomic E-state index is 13.9. The monoisotopic (exact) mass is 561 g/mol. The number of halogens is 3. The summed E-state index contributed by atoms with van der Waals surface area (Å²) in [7, 11) is 1.40. The third-order valence-electron chi connectivity index (χ3n) is 4.56. The van der Waals surface area contributed by atoms with E-state index in [1.54, 1.807) is 37.3 Å². The molecular formula is C24H18BrClFN3O5. The first kappa shape index (κ1) is 25.9. The lowest BCUT2D eigenvalue weighted by Crippen LogP contribution is -2.33. The molecular weight excluding hydrogens is 545 g/mol. The number of hydrogen-bond donors (Lipinski definition) is 2. The van der Waals surface area contributed by atoms with E-state index in [0.717, 1.165) is 6.07 Å². The number of amides is 2. The third-order valence-corrected chi connectivity index (χ3v) is 5.28. The highest BCUT2D eigenvalue weighted by Crippen LogP contribution is 2.29. The number of carbonyl (C=O) groups excluding carboxylic acids is 3. The van der Waals surface area contributed by atoms with Gasteiger partial charge in [-0.05, 0) is 61.5 Å². The van der Waals surface area contributed by atoms with Crippen LogP contribution in [0.3, 0.4) is 0 Å². The van der Waals surface area contributed by atoms with Crippen molar-refractivity contribution in [1.82, 2.24) is 5.43 Å². The zero-order valence-electron chi connectivity index (χ0n) is 18.4. The quantitative estimate of drug-likeness (QED) is 0.145. The maximum Gasteiger partial charge on any atom is 0.343 e. The Labute approximate surface area is 213 Å². The predicted molar refractivity (Wildman–Crippen MR) is 132 cm³/mol. The number of esters is 1. The molecule has 0 fully saturated rings. The molecule has 0 aromatic heterocycles. The Balaban J connectivity index is 1.67. The van der Waals surface area contributed by atoms with Crippen LogP contribution in [-0.4, -0.2) is 30.6 Å². The molecule has 0 aliphatic rings. The Morgan fingerprint density at radius 3 is 2.43 bits per heavy atom. The van der Waals surface area contributed by atoms with E-state index in [9.17, 15) is 18.8 Å². The van der Waals surface area contributed by atoms with Crippen LogP contribution in [0, 0.1) is 5.82 Å². The number of hydrogen-bond acceptors (Lipinski definition) is 6. The molecule has 0 saturated carbocycles. The lowest BCUT2D eigenvalue weighted by Gasteiger charge is -2.11. The molecule has 2 amide bonds. The van der Waals surface area contributed by atoms with Gasteiger partial charge in [-0.2, -0.15) is 5.10 Å². The van der Waals surface area contributed by atoms with Gasteiger partial charge in [0.15, 0.2) is 11.5 Å². The predicted octanol–water partition coefficient (Wildman–Crippen LogP) is 4.95. The fourth-order valence-electron chi connectivity index (χ4n) is 2.77. The molecule has 0 atom stereocenters. The summed E-state index contributed by atoms with van der Waals surface area (Å²) in [5.74, 6) is -3.11. The zero-order chi connectivity index (χ0) is 25.5. The lowest BCUT2D eigenvalue weighted by atomic mass is 10.1. The number of carbonyl (C=O) groups is 3. The van der Waals surface area contributed by atoms with Crippen LogP contribution in [0.25, 0.3) is 0 Å². The van der Waals surface area contributed by atoms with Gasteiger partial charge >= 0.3 is 17.8 Å². The van der Waals surface area contributed by atoms with E-state index >= 15 is 0 Å². The highest BCUT2D eigenvalue weighted by atomic mass is 79.9. The Bertz CT molecular complexity index is 1330. The van der Waals surface area contributed by atoms with Crippen molar-refractivity contribution in [3.8, 4) is 11.5 Å². The van der Waals surface area contributed by atoms with Crippen molar-refractivity contribution in [1.29, 1.82) is 0 Å². The summed E-state index contributed by atoms with van der Waals surface area (Å²) in [6.07, 6.45) is 0. The van der Waals surface area contributed by atoms with Gasteiger partial charge in [-0.15, -0.1) is 0 Å². The average molecular weight is 563 g/mol. The fourth-order valence-corrected chi connectivity index (χ4v) is 3.29. The van der Waals surface area contributed by atoms with Crippen LogP contribution in [0.5, 0.6) is 11.5 Å². The molecule has 3 aromatic rings. The first-order chi connectivity index (χ1) is 16.7.